The molecule has 0 bridgehead atoms. The van der Waals surface area contributed by atoms with E-state index in [-0.39, 0.29) is 11.4 Å². The van der Waals surface area contributed by atoms with Gasteiger partial charge in [-0.05, 0) is 34.1 Å². The summed E-state index contributed by atoms with van der Waals surface area (Å²) in [7, 11) is 0. The maximum absolute atomic E-state index is 11.8. The van der Waals surface area contributed by atoms with Gasteiger partial charge in [0, 0.05) is 24.7 Å². The molecule has 3 N–H and O–H groups in total. The molecular formula is C12H27N3O. The van der Waals surface area contributed by atoms with E-state index in [2.05, 4.69) is 31.0 Å². The van der Waals surface area contributed by atoms with Gasteiger partial charge in [0.25, 0.3) is 0 Å². The van der Waals surface area contributed by atoms with Gasteiger partial charge in [-0.15, -0.1) is 0 Å². The molecule has 16 heavy (non-hydrogen) atoms. The Balaban J connectivity index is 4.20. The number of hydrogen-bond donors (Lipinski definition) is 2. The van der Waals surface area contributed by atoms with Crippen molar-refractivity contribution in [3.63, 3.8) is 0 Å². The third kappa shape index (κ3) is 6.08. The summed E-state index contributed by atoms with van der Waals surface area (Å²) in [6, 6.07) is 0.346. The minimum atomic E-state index is -0.123. The highest BCUT2D eigenvalue weighted by Crippen LogP contribution is 2.07. The topological polar surface area (TPSA) is 58.4 Å². The summed E-state index contributed by atoms with van der Waals surface area (Å²) in [5, 5.41) is 3.03. The van der Waals surface area contributed by atoms with E-state index in [0.29, 0.717) is 19.1 Å². The second kappa shape index (κ2) is 6.86. The lowest BCUT2D eigenvalue weighted by molar-refractivity contribution is -0.124. The summed E-state index contributed by atoms with van der Waals surface area (Å²) < 4.78 is 0. The molecule has 0 fully saturated rings. The Morgan fingerprint density at radius 3 is 2.38 bits per heavy atom. The van der Waals surface area contributed by atoms with Crippen molar-refractivity contribution in [1.82, 2.24) is 10.2 Å². The Morgan fingerprint density at radius 2 is 2.00 bits per heavy atom. The second-order valence-corrected chi connectivity index (χ2v) is 5.14. The standard InChI is InChI=1S/C12H27N3O/c1-6-12(4,5)14-11(16)9-15(8-7-13)10(2)3/h10H,6-9,13H2,1-5H3,(H,14,16). The molecular weight excluding hydrogens is 202 g/mol. The molecule has 0 saturated heterocycles. The second-order valence-electron chi connectivity index (χ2n) is 5.14. The maximum atomic E-state index is 11.8. The van der Waals surface area contributed by atoms with Crippen LogP contribution >= 0.6 is 0 Å². The van der Waals surface area contributed by atoms with E-state index in [1.807, 2.05) is 13.8 Å². The number of carbonyl (C=O) groups excluding carboxylic acids is 1. The van der Waals surface area contributed by atoms with Gasteiger partial charge in [-0.3, -0.25) is 9.69 Å². The first-order valence-corrected chi connectivity index (χ1v) is 6.07. The highest BCUT2D eigenvalue weighted by atomic mass is 16.2. The van der Waals surface area contributed by atoms with Gasteiger partial charge in [0.1, 0.15) is 0 Å². The van der Waals surface area contributed by atoms with E-state index >= 15 is 0 Å². The monoisotopic (exact) mass is 229 g/mol. The number of hydrogen-bond acceptors (Lipinski definition) is 3. The van der Waals surface area contributed by atoms with E-state index in [1.165, 1.54) is 0 Å². The van der Waals surface area contributed by atoms with Gasteiger partial charge >= 0.3 is 0 Å². The van der Waals surface area contributed by atoms with Crippen LogP contribution in [0.15, 0.2) is 0 Å². The van der Waals surface area contributed by atoms with Gasteiger partial charge in [0.15, 0.2) is 0 Å². The molecule has 0 radical (unpaired) electrons. The molecule has 96 valence electrons. The number of nitrogens with one attached hydrogen (secondary N) is 1. The van der Waals surface area contributed by atoms with Gasteiger partial charge in [-0.2, -0.15) is 0 Å². The zero-order chi connectivity index (χ0) is 12.8. The molecule has 0 heterocycles. The van der Waals surface area contributed by atoms with Crippen LogP contribution in [-0.4, -0.2) is 42.0 Å². The van der Waals surface area contributed by atoms with Crippen LogP contribution in [0.25, 0.3) is 0 Å². The highest BCUT2D eigenvalue weighted by molar-refractivity contribution is 5.78. The molecule has 4 nitrogen and oxygen atoms in total. The van der Waals surface area contributed by atoms with Crippen LogP contribution in [0.3, 0.4) is 0 Å². The van der Waals surface area contributed by atoms with Crippen LogP contribution in [-0.2, 0) is 4.79 Å². The summed E-state index contributed by atoms with van der Waals surface area (Å²) >= 11 is 0. The van der Waals surface area contributed by atoms with Crippen LogP contribution in [0.5, 0.6) is 0 Å². The van der Waals surface area contributed by atoms with E-state index in [0.717, 1.165) is 13.0 Å². The van der Waals surface area contributed by atoms with E-state index in [9.17, 15) is 4.79 Å². The molecule has 0 unspecified atom stereocenters. The number of amides is 1. The van der Waals surface area contributed by atoms with E-state index < -0.39 is 0 Å². The first-order chi connectivity index (χ1) is 7.32. The van der Waals surface area contributed by atoms with Crippen molar-refractivity contribution in [2.24, 2.45) is 5.73 Å². The van der Waals surface area contributed by atoms with E-state index in [1.54, 1.807) is 0 Å². The number of nitrogens with two attached hydrogens (primary N) is 1. The van der Waals surface area contributed by atoms with Crippen molar-refractivity contribution >= 4 is 5.91 Å². The Labute approximate surface area is 99.6 Å². The van der Waals surface area contributed by atoms with Crippen LogP contribution in [0.4, 0.5) is 0 Å². The predicted octanol–water partition coefficient (Wildman–Crippen LogP) is 0.960. The van der Waals surface area contributed by atoms with Crippen molar-refractivity contribution in [2.45, 2.75) is 52.6 Å². The maximum Gasteiger partial charge on any atom is 0.234 e. The molecule has 0 aliphatic rings. The van der Waals surface area contributed by atoms with Crippen molar-refractivity contribution in [2.75, 3.05) is 19.6 Å². The lowest BCUT2D eigenvalue weighted by atomic mass is 10.0. The summed E-state index contributed by atoms with van der Waals surface area (Å²) in [4.78, 5) is 13.9. The average molecular weight is 229 g/mol. The van der Waals surface area contributed by atoms with Gasteiger partial charge in [0.05, 0.1) is 6.54 Å². The SMILES string of the molecule is CCC(C)(C)NC(=O)CN(CCN)C(C)C. The molecule has 4 heteroatoms. The van der Waals surface area contributed by atoms with Crippen LogP contribution in [0.1, 0.15) is 41.0 Å². The van der Waals surface area contributed by atoms with Crippen molar-refractivity contribution < 1.29 is 4.79 Å². The fourth-order valence-corrected chi connectivity index (χ4v) is 1.38. The molecule has 0 aliphatic carbocycles. The smallest absolute Gasteiger partial charge is 0.234 e. The average Bonchev–Trinajstić information content (AvgIpc) is 2.16. The summed E-state index contributed by atoms with van der Waals surface area (Å²) in [6.45, 7) is 12.1. The molecule has 1 amide bonds. The minimum absolute atomic E-state index is 0.0778. The van der Waals surface area contributed by atoms with Gasteiger partial charge in [-0.25, -0.2) is 0 Å². The fourth-order valence-electron chi connectivity index (χ4n) is 1.38. The third-order valence-electron chi connectivity index (χ3n) is 2.85. The molecule has 0 aromatic carbocycles. The summed E-state index contributed by atoms with van der Waals surface area (Å²) in [5.41, 5.74) is 5.40. The third-order valence-corrected chi connectivity index (χ3v) is 2.85. The predicted molar refractivity (Wildman–Crippen MR) is 68.3 cm³/mol. The van der Waals surface area contributed by atoms with Gasteiger partial charge in [0.2, 0.25) is 5.91 Å². The molecule has 0 aromatic rings. The van der Waals surface area contributed by atoms with Crippen LogP contribution < -0.4 is 11.1 Å². The normalized spacial score (nSPS) is 12.2. The fraction of sp³-hybridized carbons (Fsp3) is 0.917. The Morgan fingerprint density at radius 1 is 1.44 bits per heavy atom. The summed E-state index contributed by atoms with van der Waals surface area (Å²) in [6.07, 6.45) is 0.928. The minimum Gasteiger partial charge on any atom is -0.350 e. The summed E-state index contributed by atoms with van der Waals surface area (Å²) in [5.74, 6) is 0.0778. The molecule has 0 saturated carbocycles. The van der Waals surface area contributed by atoms with Crippen LogP contribution in [0.2, 0.25) is 0 Å². The largest absolute Gasteiger partial charge is 0.350 e. The molecule has 0 aromatic heterocycles. The van der Waals surface area contributed by atoms with Crippen LogP contribution in [0, 0.1) is 0 Å². The first kappa shape index (κ1) is 15.4. The van der Waals surface area contributed by atoms with Crippen molar-refractivity contribution in [1.29, 1.82) is 0 Å². The quantitative estimate of drug-likeness (QED) is 0.683. The van der Waals surface area contributed by atoms with Crippen molar-refractivity contribution in [3.8, 4) is 0 Å². The van der Waals surface area contributed by atoms with Gasteiger partial charge < -0.3 is 11.1 Å². The lowest BCUT2D eigenvalue weighted by Crippen LogP contribution is -2.49. The molecule has 0 rings (SSSR count). The van der Waals surface area contributed by atoms with E-state index in [4.69, 9.17) is 5.73 Å². The molecule has 0 aliphatic heterocycles. The Kier molecular flexibility index (Phi) is 6.60. The zero-order valence-corrected chi connectivity index (χ0v) is 11.3. The Bertz CT molecular complexity index is 214. The first-order valence-electron chi connectivity index (χ1n) is 6.07. The lowest BCUT2D eigenvalue weighted by Gasteiger charge is -2.29. The van der Waals surface area contributed by atoms with Crippen molar-refractivity contribution in [3.05, 3.63) is 0 Å². The number of nitrogens with zero attached hydrogens (tertiary/aromatic N) is 1. The van der Waals surface area contributed by atoms with Gasteiger partial charge in [-0.1, -0.05) is 6.92 Å². The number of carbonyl (C=O) groups is 1. The Hall–Kier alpha value is -0.610. The molecule has 0 atom stereocenters. The highest BCUT2D eigenvalue weighted by Gasteiger charge is 2.20. The molecule has 0 spiro atoms. The zero-order valence-electron chi connectivity index (χ0n) is 11.3. The number of rotatable bonds is 7.